The summed E-state index contributed by atoms with van der Waals surface area (Å²) >= 11 is 3.32. The van der Waals surface area contributed by atoms with Crippen LogP contribution in [-0.2, 0) is 4.79 Å². The lowest BCUT2D eigenvalue weighted by atomic mass is 10.2. The monoisotopic (exact) mass is 420 g/mol. The normalized spacial score (nSPS) is 15.0. The molecule has 3 rings (SSSR count). The zero-order valence-corrected chi connectivity index (χ0v) is 15.3. The van der Waals surface area contributed by atoms with Crippen LogP contribution in [0.3, 0.4) is 0 Å². The third-order valence-electron chi connectivity index (χ3n) is 3.51. The molecule has 2 aromatic rings. The molecule has 3 amide bonds. The highest BCUT2D eigenvalue weighted by molar-refractivity contribution is 9.10. The average Bonchev–Trinajstić information content (AvgIpc) is 2.65. The predicted molar refractivity (Wildman–Crippen MR) is 97.5 cm³/mol. The minimum absolute atomic E-state index is 0.207. The Morgan fingerprint density at radius 2 is 1.85 bits per heavy atom. The maximum absolute atomic E-state index is 11.8. The molecule has 0 aliphatic carbocycles. The Labute approximate surface area is 158 Å². The first-order valence-electron chi connectivity index (χ1n) is 7.95. The molecule has 1 atom stereocenters. The SMILES string of the molecule is O=C(COc1ccccc1Br)NC(=O)NCC1COc2ccccc2O1. The first-order chi connectivity index (χ1) is 12.6. The maximum Gasteiger partial charge on any atom is 0.321 e. The predicted octanol–water partition coefficient (Wildman–Crippen LogP) is 2.49. The van der Waals surface area contributed by atoms with E-state index in [1.807, 2.05) is 24.3 Å². The zero-order valence-electron chi connectivity index (χ0n) is 13.7. The molecule has 1 unspecified atom stereocenters. The summed E-state index contributed by atoms with van der Waals surface area (Å²) in [5.41, 5.74) is 0. The molecule has 0 aromatic heterocycles. The molecular weight excluding hydrogens is 404 g/mol. The molecule has 1 aliphatic heterocycles. The number of carbonyl (C=O) groups is 2. The van der Waals surface area contributed by atoms with Gasteiger partial charge in [-0.25, -0.2) is 4.79 Å². The summed E-state index contributed by atoms with van der Waals surface area (Å²) in [6.45, 7) is 0.251. The van der Waals surface area contributed by atoms with Crippen molar-refractivity contribution in [3.63, 3.8) is 0 Å². The summed E-state index contributed by atoms with van der Waals surface area (Å²) in [7, 11) is 0. The quantitative estimate of drug-likeness (QED) is 0.775. The molecular formula is C18H17BrN2O5. The number of urea groups is 1. The van der Waals surface area contributed by atoms with E-state index in [1.165, 1.54) is 0 Å². The van der Waals surface area contributed by atoms with Crippen molar-refractivity contribution >= 4 is 27.9 Å². The molecule has 1 heterocycles. The van der Waals surface area contributed by atoms with Gasteiger partial charge >= 0.3 is 6.03 Å². The van der Waals surface area contributed by atoms with Crippen molar-refractivity contribution in [1.29, 1.82) is 0 Å². The van der Waals surface area contributed by atoms with Crippen LogP contribution in [0.25, 0.3) is 0 Å². The highest BCUT2D eigenvalue weighted by Crippen LogP contribution is 2.30. The number of fused-ring (bicyclic) bond motifs is 1. The van der Waals surface area contributed by atoms with Crippen molar-refractivity contribution in [2.24, 2.45) is 0 Å². The number of carbonyl (C=O) groups excluding carboxylic acids is 2. The maximum atomic E-state index is 11.8. The summed E-state index contributed by atoms with van der Waals surface area (Å²) in [6, 6.07) is 13.8. The van der Waals surface area contributed by atoms with Gasteiger partial charge in [0.05, 0.1) is 11.0 Å². The molecule has 0 spiro atoms. The number of hydrogen-bond donors (Lipinski definition) is 2. The molecule has 0 radical (unpaired) electrons. The Balaban J connectivity index is 1.39. The zero-order chi connectivity index (χ0) is 18.4. The lowest BCUT2D eigenvalue weighted by Crippen LogP contribution is -2.47. The second kappa shape index (κ2) is 8.57. The minimum atomic E-state index is -0.617. The van der Waals surface area contributed by atoms with E-state index in [0.29, 0.717) is 23.9 Å². The first kappa shape index (κ1) is 18.1. The van der Waals surface area contributed by atoms with Crippen LogP contribution >= 0.6 is 15.9 Å². The van der Waals surface area contributed by atoms with Gasteiger partial charge in [-0.05, 0) is 40.2 Å². The lowest BCUT2D eigenvalue weighted by Gasteiger charge is -2.26. The summed E-state index contributed by atoms with van der Waals surface area (Å²) in [5.74, 6) is 1.27. The number of halogens is 1. The number of hydrogen-bond acceptors (Lipinski definition) is 5. The first-order valence-corrected chi connectivity index (χ1v) is 8.74. The number of para-hydroxylation sites is 3. The number of benzene rings is 2. The molecule has 1 aliphatic rings. The van der Waals surface area contributed by atoms with E-state index in [9.17, 15) is 9.59 Å². The van der Waals surface area contributed by atoms with Crippen LogP contribution in [0.4, 0.5) is 4.79 Å². The van der Waals surface area contributed by atoms with Gasteiger partial charge < -0.3 is 19.5 Å². The van der Waals surface area contributed by atoms with E-state index < -0.39 is 11.9 Å². The lowest BCUT2D eigenvalue weighted by molar-refractivity contribution is -0.122. The van der Waals surface area contributed by atoms with Crippen LogP contribution < -0.4 is 24.8 Å². The number of imide groups is 1. The van der Waals surface area contributed by atoms with E-state index in [2.05, 4.69) is 26.6 Å². The molecule has 2 N–H and O–H groups in total. The van der Waals surface area contributed by atoms with E-state index in [4.69, 9.17) is 14.2 Å². The molecule has 0 fully saturated rings. The van der Waals surface area contributed by atoms with Gasteiger partial charge in [0.1, 0.15) is 12.4 Å². The van der Waals surface area contributed by atoms with Crippen LogP contribution in [0.1, 0.15) is 0 Å². The minimum Gasteiger partial charge on any atom is -0.486 e. The number of ether oxygens (including phenoxy) is 3. The number of nitrogens with one attached hydrogen (secondary N) is 2. The fourth-order valence-corrected chi connectivity index (χ4v) is 2.68. The molecule has 136 valence electrons. The van der Waals surface area contributed by atoms with Gasteiger partial charge in [-0.3, -0.25) is 10.1 Å². The Hall–Kier alpha value is -2.74. The average molecular weight is 421 g/mol. The van der Waals surface area contributed by atoms with Crippen molar-refractivity contribution < 1.29 is 23.8 Å². The third-order valence-corrected chi connectivity index (χ3v) is 4.16. The number of rotatable bonds is 5. The molecule has 7 nitrogen and oxygen atoms in total. The highest BCUT2D eigenvalue weighted by Gasteiger charge is 2.21. The number of amides is 3. The van der Waals surface area contributed by atoms with Crippen LogP contribution in [0.5, 0.6) is 17.2 Å². The Bertz CT molecular complexity index is 799. The standard InChI is InChI=1S/C18H17BrN2O5/c19-13-5-1-2-6-14(13)25-11-17(22)21-18(23)20-9-12-10-24-15-7-3-4-8-16(15)26-12/h1-8,12H,9-11H2,(H2,20,21,22,23). The van der Waals surface area contributed by atoms with Gasteiger partial charge in [-0.1, -0.05) is 24.3 Å². The van der Waals surface area contributed by atoms with Crippen molar-refractivity contribution in [3.8, 4) is 17.2 Å². The van der Waals surface area contributed by atoms with Crippen LogP contribution in [-0.4, -0.2) is 37.8 Å². The molecule has 8 heteroatoms. The molecule has 2 aromatic carbocycles. The van der Waals surface area contributed by atoms with E-state index >= 15 is 0 Å². The summed E-state index contributed by atoms with van der Waals surface area (Å²) in [6.07, 6.45) is -0.331. The van der Waals surface area contributed by atoms with E-state index in [-0.39, 0.29) is 19.3 Å². The molecule has 0 saturated heterocycles. The van der Waals surface area contributed by atoms with Gasteiger partial charge in [0.2, 0.25) is 0 Å². The van der Waals surface area contributed by atoms with Gasteiger partial charge in [0.25, 0.3) is 5.91 Å². The fraction of sp³-hybridized carbons (Fsp3) is 0.222. The second-order valence-corrected chi connectivity index (χ2v) is 6.33. The van der Waals surface area contributed by atoms with Crippen LogP contribution in [0.2, 0.25) is 0 Å². The second-order valence-electron chi connectivity index (χ2n) is 5.47. The topological polar surface area (TPSA) is 85.9 Å². The van der Waals surface area contributed by atoms with E-state index in [1.54, 1.807) is 24.3 Å². The van der Waals surface area contributed by atoms with Gasteiger partial charge in [0, 0.05) is 0 Å². The van der Waals surface area contributed by atoms with Gasteiger partial charge in [-0.15, -0.1) is 0 Å². The van der Waals surface area contributed by atoms with Crippen LogP contribution in [0.15, 0.2) is 53.0 Å². The molecule has 0 saturated carbocycles. The van der Waals surface area contributed by atoms with Gasteiger partial charge in [0.15, 0.2) is 24.2 Å². The summed E-state index contributed by atoms with van der Waals surface area (Å²) in [4.78, 5) is 23.6. The molecule has 26 heavy (non-hydrogen) atoms. The smallest absolute Gasteiger partial charge is 0.321 e. The van der Waals surface area contributed by atoms with E-state index in [0.717, 1.165) is 4.47 Å². The van der Waals surface area contributed by atoms with Crippen molar-refractivity contribution in [2.75, 3.05) is 19.8 Å². The van der Waals surface area contributed by atoms with Crippen molar-refractivity contribution in [3.05, 3.63) is 53.0 Å². The van der Waals surface area contributed by atoms with Gasteiger partial charge in [-0.2, -0.15) is 0 Å². The van der Waals surface area contributed by atoms with Crippen LogP contribution in [0, 0.1) is 0 Å². The summed E-state index contributed by atoms with van der Waals surface area (Å²) in [5, 5.41) is 4.79. The van der Waals surface area contributed by atoms with Crippen molar-refractivity contribution in [2.45, 2.75) is 6.10 Å². The third kappa shape index (κ3) is 4.89. The molecule has 0 bridgehead atoms. The Morgan fingerprint density at radius 3 is 2.65 bits per heavy atom. The summed E-state index contributed by atoms with van der Waals surface area (Å²) < 4.78 is 17.4. The Kier molecular flexibility index (Phi) is 5.96. The highest BCUT2D eigenvalue weighted by atomic mass is 79.9. The van der Waals surface area contributed by atoms with Crippen molar-refractivity contribution in [1.82, 2.24) is 10.6 Å². The largest absolute Gasteiger partial charge is 0.486 e. The Morgan fingerprint density at radius 1 is 1.12 bits per heavy atom. The fourth-order valence-electron chi connectivity index (χ4n) is 2.28.